The second-order valence-electron chi connectivity index (χ2n) is 4.91. The molecule has 0 atom stereocenters. The summed E-state index contributed by atoms with van der Waals surface area (Å²) in [6.45, 7) is 3.50. The number of aryl methyl sites for hydroxylation is 1. The molecule has 2 aromatic carbocycles. The zero-order valence-corrected chi connectivity index (χ0v) is 11.6. The van der Waals surface area contributed by atoms with Crippen LogP contribution in [0.1, 0.15) is 23.1 Å². The summed E-state index contributed by atoms with van der Waals surface area (Å²) in [5.74, 6) is 0.205. The average molecular weight is 264 g/mol. The van der Waals surface area contributed by atoms with Crippen molar-refractivity contribution in [2.75, 3.05) is 0 Å². The van der Waals surface area contributed by atoms with Crippen LogP contribution in [0, 0.1) is 0 Å². The van der Waals surface area contributed by atoms with Crippen molar-refractivity contribution in [2.45, 2.75) is 19.3 Å². The van der Waals surface area contributed by atoms with E-state index in [1.165, 1.54) is 11.1 Å². The summed E-state index contributed by atoms with van der Waals surface area (Å²) in [6.07, 6.45) is 6.98. The third-order valence-electron chi connectivity index (χ3n) is 3.14. The van der Waals surface area contributed by atoms with Crippen LogP contribution < -0.4 is 0 Å². The summed E-state index contributed by atoms with van der Waals surface area (Å²) in [6, 6.07) is 18.7. The smallest absolute Gasteiger partial charge is 0.0894 e. The van der Waals surface area contributed by atoms with Crippen molar-refractivity contribution in [1.82, 2.24) is 0 Å². The van der Waals surface area contributed by atoms with Crippen LogP contribution in [0.2, 0.25) is 0 Å². The number of hydrogen-bond acceptors (Lipinski definition) is 1. The van der Waals surface area contributed by atoms with Crippen LogP contribution in [0.3, 0.4) is 0 Å². The lowest BCUT2D eigenvalue weighted by molar-refractivity contribution is 0.401. The summed E-state index contributed by atoms with van der Waals surface area (Å²) in [4.78, 5) is 0. The monoisotopic (exact) mass is 264 g/mol. The molecule has 0 aliphatic heterocycles. The molecule has 20 heavy (non-hydrogen) atoms. The predicted molar refractivity (Wildman–Crippen MR) is 85.7 cm³/mol. The SMILES string of the molecule is C=C(O)Cc1ccc(/C=C/CCc2ccccc2)cc1. The molecule has 2 rings (SSSR count). The van der Waals surface area contributed by atoms with Gasteiger partial charge in [0.05, 0.1) is 5.76 Å². The Morgan fingerprint density at radius 2 is 1.65 bits per heavy atom. The molecule has 0 radical (unpaired) electrons. The van der Waals surface area contributed by atoms with Gasteiger partial charge in [-0.2, -0.15) is 0 Å². The molecule has 1 N–H and O–H groups in total. The zero-order chi connectivity index (χ0) is 14.2. The van der Waals surface area contributed by atoms with Crippen molar-refractivity contribution >= 4 is 6.08 Å². The summed E-state index contributed by atoms with van der Waals surface area (Å²) >= 11 is 0. The first-order valence-electron chi connectivity index (χ1n) is 6.90. The Morgan fingerprint density at radius 1 is 0.950 bits per heavy atom. The molecular formula is C19H20O. The molecule has 0 spiro atoms. The molecule has 2 aromatic rings. The maximum Gasteiger partial charge on any atom is 0.0894 e. The number of rotatable bonds is 6. The van der Waals surface area contributed by atoms with E-state index >= 15 is 0 Å². The van der Waals surface area contributed by atoms with E-state index in [4.69, 9.17) is 5.11 Å². The first kappa shape index (κ1) is 14.1. The Bertz CT molecular complexity index is 564. The van der Waals surface area contributed by atoms with E-state index in [9.17, 15) is 0 Å². The summed E-state index contributed by atoms with van der Waals surface area (Å²) in [5.41, 5.74) is 3.64. The van der Waals surface area contributed by atoms with Gasteiger partial charge in [0.15, 0.2) is 0 Å². The van der Waals surface area contributed by atoms with Gasteiger partial charge in [-0.15, -0.1) is 0 Å². The van der Waals surface area contributed by atoms with Gasteiger partial charge in [-0.25, -0.2) is 0 Å². The topological polar surface area (TPSA) is 20.2 Å². The zero-order valence-electron chi connectivity index (χ0n) is 11.6. The quantitative estimate of drug-likeness (QED) is 0.732. The molecule has 0 bridgehead atoms. The fourth-order valence-electron chi connectivity index (χ4n) is 2.10. The van der Waals surface area contributed by atoms with Crippen LogP contribution in [0.5, 0.6) is 0 Å². The number of allylic oxidation sites excluding steroid dienone is 2. The fourth-order valence-corrected chi connectivity index (χ4v) is 2.10. The second-order valence-corrected chi connectivity index (χ2v) is 4.91. The molecule has 0 amide bonds. The van der Waals surface area contributed by atoms with Gasteiger partial charge in [0.25, 0.3) is 0 Å². The predicted octanol–water partition coefficient (Wildman–Crippen LogP) is 4.95. The van der Waals surface area contributed by atoms with Crippen molar-refractivity contribution in [2.24, 2.45) is 0 Å². The Labute approximate surface area is 120 Å². The number of hydrogen-bond donors (Lipinski definition) is 1. The van der Waals surface area contributed by atoms with Gasteiger partial charge in [0, 0.05) is 6.42 Å². The largest absolute Gasteiger partial charge is 0.513 e. The highest BCUT2D eigenvalue weighted by Gasteiger charge is 1.94. The first-order valence-corrected chi connectivity index (χ1v) is 6.90. The number of benzene rings is 2. The highest BCUT2D eigenvalue weighted by atomic mass is 16.3. The van der Waals surface area contributed by atoms with Gasteiger partial charge in [0.1, 0.15) is 0 Å². The molecule has 0 fully saturated rings. The molecule has 1 nitrogen and oxygen atoms in total. The molecule has 0 aliphatic rings. The highest BCUT2D eigenvalue weighted by molar-refractivity contribution is 5.49. The molecule has 0 aliphatic carbocycles. The van der Waals surface area contributed by atoms with Crippen molar-refractivity contribution < 1.29 is 5.11 Å². The third kappa shape index (κ3) is 4.77. The van der Waals surface area contributed by atoms with E-state index < -0.39 is 0 Å². The lowest BCUT2D eigenvalue weighted by atomic mass is 10.1. The number of aliphatic hydroxyl groups excluding tert-OH is 1. The van der Waals surface area contributed by atoms with Crippen molar-refractivity contribution in [3.63, 3.8) is 0 Å². The van der Waals surface area contributed by atoms with Crippen LogP contribution in [-0.2, 0) is 12.8 Å². The minimum absolute atomic E-state index is 0.205. The lowest BCUT2D eigenvalue weighted by Crippen LogP contribution is -1.87. The summed E-state index contributed by atoms with van der Waals surface area (Å²) in [7, 11) is 0. The molecule has 102 valence electrons. The molecule has 0 heterocycles. The van der Waals surface area contributed by atoms with Gasteiger partial charge in [-0.05, 0) is 29.5 Å². The summed E-state index contributed by atoms with van der Waals surface area (Å²) in [5, 5.41) is 9.15. The van der Waals surface area contributed by atoms with Gasteiger partial charge in [-0.3, -0.25) is 0 Å². The molecular weight excluding hydrogens is 244 g/mol. The van der Waals surface area contributed by atoms with Crippen LogP contribution in [0.25, 0.3) is 6.08 Å². The van der Waals surface area contributed by atoms with Crippen LogP contribution >= 0.6 is 0 Å². The van der Waals surface area contributed by atoms with Crippen LogP contribution in [0.15, 0.2) is 73.0 Å². The third-order valence-corrected chi connectivity index (χ3v) is 3.14. The van der Waals surface area contributed by atoms with E-state index in [1.807, 2.05) is 18.2 Å². The molecule has 0 unspecified atom stereocenters. The number of aliphatic hydroxyl groups is 1. The minimum Gasteiger partial charge on any atom is -0.513 e. The van der Waals surface area contributed by atoms with E-state index in [0.717, 1.165) is 18.4 Å². The van der Waals surface area contributed by atoms with E-state index in [0.29, 0.717) is 6.42 Å². The maximum absolute atomic E-state index is 9.15. The lowest BCUT2D eigenvalue weighted by Gasteiger charge is -2.00. The van der Waals surface area contributed by atoms with Gasteiger partial charge >= 0.3 is 0 Å². The Hall–Kier alpha value is -2.28. The van der Waals surface area contributed by atoms with Crippen molar-refractivity contribution in [1.29, 1.82) is 0 Å². The normalized spacial score (nSPS) is 10.8. The molecule has 1 heteroatoms. The first-order chi connectivity index (χ1) is 9.74. The van der Waals surface area contributed by atoms with Gasteiger partial charge < -0.3 is 5.11 Å². The van der Waals surface area contributed by atoms with Crippen molar-refractivity contribution in [3.05, 3.63) is 89.7 Å². The van der Waals surface area contributed by atoms with E-state index in [2.05, 4.69) is 55.1 Å². The summed E-state index contributed by atoms with van der Waals surface area (Å²) < 4.78 is 0. The van der Waals surface area contributed by atoms with Crippen LogP contribution in [-0.4, -0.2) is 5.11 Å². The van der Waals surface area contributed by atoms with E-state index in [1.54, 1.807) is 0 Å². The Kier molecular flexibility index (Phi) is 5.19. The van der Waals surface area contributed by atoms with Gasteiger partial charge in [-0.1, -0.05) is 73.3 Å². The minimum atomic E-state index is 0.205. The fraction of sp³-hybridized carbons (Fsp3) is 0.158. The van der Waals surface area contributed by atoms with Crippen LogP contribution in [0.4, 0.5) is 0 Å². The highest BCUT2D eigenvalue weighted by Crippen LogP contribution is 2.10. The molecule has 0 saturated carbocycles. The second kappa shape index (κ2) is 7.34. The van der Waals surface area contributed by atoms with E-state index in [-0.39, 0.29) is 5.76 Å². The Morgan fingerprint density at radius 3 is 2.30 bits per heavy atom. The average Bonchev–Trinajstić information content (AvgIpc) is 2.46. The van der Waals surface area contributed by atoms with Crippen molar-refractivity contribution in [3.8, 4) is 0 Å². The Balaban J connectivity index is 1.83. The molecule has 0 saturated heterocycles. The van der Waals surface area contributed by atoms with Gasteiger partial charge in [0.2, 0.25) is 0 Å². The molecule has 0 aromatic heterocycles. The standard InChI is InChI=1S/C19H20O/c1-16(20)15-19-13-11-18(12-14-19)10-6-5-9-17-7-3-2-4-8-17/h2-4,6-8,10-14,20H,1,5,9,15H2/b10-6+. The maximum atomic E-state index is 9.15.